The molecule has 0 aliphatic carbocycles. The van der Waals surface area contributed by atoms with Crippen LogP contribution in [0.25, 0.3) is 22.4 Å². The summed E-state index contributed by atoms with van der Waals surface area (Å²) in [5, 5.41) is 14.4. The fraction of sp³-hybridized carbons (Fsp3) is 0.321. The summed E-state index contributed by atoms with van der Waals surface area (Å²) in [6, 6.07) is 6.16. The van der Waals surface area contributed by atoms with Crippen LogP contribution in [0.3, 0.4) is 0 Å². The van der Waals surface area contributed by atoms with E-state index in [9.17, 15) is 13.5 Å². The summed E-state index contributed by atoms with van der Waals surface area (Å²) in [6.45, 7) is 3.44. The zero-order valence-corrected chi connectivity index (χ0v) is 25.8. The van der Waals surface area contributed by atoms with Crippen molar-refractivity contribution in [2.75, 3.05) is 33.2 Å². The summed E-state index contributed by atoms with van der Waals surface area (Å²) in [5.41, 5.74) is 0.907. The van der Waals surface area contributed by atoms with Crippen LogP contribution in [0.1, 0.15) is 19.7 Å². The monoisotopic (exact) mass is 625 g/mol. The Balaban J connectivity index is 1.64. The van der Waals surface area contributed by atoms with Gasteiger partial charge in [-0.05, 0) is 26.0 Å². The number of aliphatic hydroxyl groups is 1. The Kier molecular flexibility index (Phi) is 8.24. The number of aromatic nitrogens is 7. The van der Waals surface area contributed by atoms with Gasteiger partial charge in [-0.3, -0.25) is 9.67 Å². The number of fused-ring (bicyclic) bond motifs is 1. The van der Waals surface area contributed by atoms with E-state index >= 15 is 4.39 Å². The van der Waals surface area contributed by atoms with E-state index in [-0.39, 0.29) is 41.8 Å². The molecule has 0 bridgehead atoms. The van der Waals surface area contributed by atoms with Crippen LogP contribution in [0.4, 0.5) is 15.9 Å². The lowest BCUT2D eigenvalue weighted by molar-refractivity contribution is 0.0577. The molecule has 0 saturated carbocycles. The highest BCUT2D eigenvalue weighted by Gasteiger charge is 2.26. The highest BCUT2D eigenvalue weighted by Crippen LogP contribution is 2.37. The van der Waals surface area contributed by atoms with Crippen molar-refractivity contribution in [3.63, 3.8) is 0 Å². The summed E-state index contributed by atoms with van der Waals surface area (Å²) in [7, 11) is 1.63. The second kappa shape index (κ2) is 11.8. The van der Waals surface area contributed by atoms with E-state index in [4.69, 9.17) is 14.5 Å². The summed E-state index contributed by atoms with van der Waals surface area (Å²) in [6.07, 6.45) is 7.60. The van der Waals surface area contributed by atoms with Crippen molar-refractivity contribution in [2.24, 2.45) is 0 Å². The zero-order valence-electron chi connectivity index (χ0n) is 25.0. The molecule has 0 aliphatic heterocycles. The number of benzene rings is 1. The summed E-state index contributed by atoms with van der Waals surface area (Å²) in [5.74, 6) is -0.172. The van der Waals surface area contributed by atoms with E-state index in [2.05, 4.69) is 20.1 Å². The lowest BCUT2D eigenvalue weighted by Crippen LogP contribution is -2.31. The maximum absolute atomic E-state index is 15.9. The standard InChI is InChI=1S/C28H32FN9O5S/c1-28(2,39)17-36-15-18(13-32-36)21-14-31-20-7-8-24(34-27(20)33-21)37(22-11-19(42-5)12-23(43-6)26(22)29)16-25-30-9-10-38(25)44(40,41)35(3)4/h7-15,39H,16-17H2,1-6H3. The van der Waals surface area contributed by atoms with E-state index in [1.54, 1.807) is 49.3 Å². The van der Waals surface area contributed by atoms with Crippen LogP contribution in [0.2, 0.25) is 0 Å². The number of rotatable bonds is 11. The first kappa shape index (κ1) is 30.8. The van der Waals surface area contributed by atoms with Gasteiger partial charge in [0.25, 0.3) is 0 Å². The van der Waals surface area contributed by atoms with Gasteiger partial charge in [0.1, 0.15) is 22.9 Å². The molecule has 14 nitrogen and oxygen atoms in total. The van der Waals surface area contributed by atoms with Crippen molar-refractivity contribution in [1.82, 2.24) is 38.0 Å². The molecule has 16 heteroatoms. The molecule has 0 unspecified atom stereocenters. The normalized spacial score (nSPS) is 12.2. The number of halogens is 1. The van der Waals surface area contributed by atoms with Crippen LogP contribution in [0, 0.1) is 5.82 Å². The molecule has 5 aromatic rings. The number of ether oxygens (including phenoxy) is 2. The average molecular weight is 626 g/mol. The molecule has 232 valence electrons. The highest BCUT2D eigenvalue weighted by molar-refractivity contribution is 7.87. The minimum Gasteiger partial charge on any atom is -0.497 e. The lowest BCUT2D eigenvalue weighted by atomic mass is 10.1. The van der Waals surface area contributed by atoms with Crippen LogP contribution in [0.15, 0.2) is 55.2 Å². The van der Waals surface area contributed by atoms with E-state index in [1.807, 2.05) is 0 Å². The molecule has 1 aromatic carbocycles. The van der Waals surface area contributed by atoms with E-state index in [0.717, 1.165) is 8.28 Å². The Labute approximate surface area is 253 Å². The third-order valence-electron chi connectivity index (χ3n) is 6.58. The quantitative estimate of drug-likeness (QED) is 0.230. The molecular formula is C28H32FN9O5S. The average Bonchev–Trinajstić information content (AvgIpc) is 3.64. The van der Waals surface area contributed by atoms with Crippen LogP contribution in [-0.4, -0.2) is 85.4 Å². The zero-order chi connectivity index (χ0) is 31.8. The summed E-state index contributed by atoms with van der Waals surface area (Å²) in [4.78, 5) is 19.6. The number of hydrogen-bond acceptors (Lipinski definition) is 11. The maximum Gasteiger partial charge on any atom is 0.308 e. The molecule has 4 aromatic heterocycles. The van der Waals surface area contributed by atoms with Crippen LogP contribution in [-0.2, 0) is 23.3 Å². The number of imidazole rings is 1. The van der Waals surface area contributed by atoms with Gasteiger partial charge < -0.3 is 19.5 Å². The second-order valence-electron chi connectivity index (χ2n) is 10.7. The van der Waals surface area contributed by atoms with Gasteiger partial charge in [0, 0.05) is 50.4 Å². The maximum atomic E-state index is 15.9. The van der Waals surface area contributed by atoms with E-state index in [0.29, 0.717) is 22.5 Å². The molecule has 0 atom stereocenters. The van der Waals surface area contributed by atoms with Gasteiger partial charge >= 0.3 is 10.2 Å². The Morgan fingerprint density at radius 3 is 2.52 bits per heavy atom. The molecule has 0 spiro atoms. The smallest absolute Gasteiger partial charge is 0.308 e. The van der Waals surface area contributed by atoms with E-state index < -0.39 is 21.6 Å². The molecule has 0 radical (unpaired) electrons. The third-order valence-corrected chi connectivity index (χ3v) is 8.33. The molecule has 4 heterocycles. The molecule has 0 fully saturated rings. The van der Waals surface area contributed by atoms with Crippen molar-refractivity contribution < 1.29 is 27.4 Å². The van der Waals surface area contributed by atoms with Crippen LogP contribution in [0.5, 0.6) is 11.5 Å². The first-order valence-electron chi connectivity index (χ1n) is 13.3. The van der Waals surface area contributed by atoms with Crippen molar-refractivity contribution in [3.05, 3.63) is 66.9 Å². The molecule has 0 aliphatic rings. The minimum atomic E-state index is -3.94. The number of methoxy groups -OCH3 is 2. The summed E-state index contributed by atoms with van der Waals surface area (Å²) < 4.78 is 56.2. The summed E-state index contributed by atoms with van der Waals surface area (Å²) >= 11 is 0. The van der Waals surface area contributed by atoms with Gasteiger partial charge in [0.2, 0.25) is 0 Å². The van der Waals surface area contributed by atoms with Crippen LogP contribution < -0.4 is 14.4 Å². The van der Waals surface area contributed by atoms with Crippen LogP contribution >= 0.6 is 0 Å². The minimum absolute atomic E-state index is 0.00172. The Hall–Kier alpha value is -4.67. The first-order chi connectivity index (χ1) is 20.8. The molecule has 0 saturated heterocycles. The van der Waals surface area contributed by atoms with Crippen molar-refractivity contribution in [3.8, 4) is 22.8 Å². The highest BCUT2D eigenvalue weighted by atomic mass is 32.2. The third kappa shape index (κ3) is 6.17. The number of nitrogens with zero attached hydrogens (tertiary/aromatic N) is 9. The van der Waals surface area contributed by atoms with Gasteiger partial charge in [-0.1, -0.05) is 0 Å². The number of pyridine rings is 1. The molecule has 0 amide bonds. The van der Waals surface area contributed by atoms with Gasteiger partial charge in [0.15, 0.2) is 17.2 Å². The van der Waals surface area contributed by atoms with Crippen molar-refractivity contribution in [2.45, 2.75) is 32.5 Å². The van der Waals surface area contributed by atoms with Gasteiger partial charge in [-0.2, -0.15) is 17.8 Å². The molecular weight excluding hydrogens is 593 g/mol. The largest absolute Gasteiger partial charge is 0.497 e. The topological polar surface area (TPSA) is 154 Å². The number of hydrogen-bond donors (Lipinski definition) is 1. The van der Waals surface area contributed by atoms with Crippen molar-refractivity contribution >= 4 is 32.9 Å². The van der Waals surface area contributed by atoms with Crippen molar-refractivity contribution in [1.29, 1.82) is 0 Å². The number of anilines is 2. The fourth-order valence-electron chi connectivity index (χ4n) is 4.43. The Bertz CT molecular complexity index is 1920. The molecule has 44 heavy (non-hydrogen) atoms. The Morgan fingerprint density at radius 2 is 1.84 bits per heavy atom. The van der Waals surface area contributed by atoms with Gasteiger partial charge in [-0.25, -0.2) is 23.3 Å². The van der Waals surface area contributed by atoms with Gasteiger partial charge in [0.05, 0.1) is 56.7 Å². The van der Waals surface area contributed by atoms with Gasteiger partial charge in [-0.15, -0.1) is 0 Å². The fourth-order valence-corrected chi connectivity index (χ4v) is 5.36. The molecule has 1 N–H and O–H groups in total. The second-order valence-corrected chi connectivity index (χ2v) is 12.7. The molecule has 5 rings (SSSR count). The predicted molar refractivity (Wildman–Crippen MR) is 160 cm³/mol. The first-order valence-corrected chi connectivity index (χ1v) is 14.7. The lowest BCUT2D eigenvalue weighted by Gasteiger charge is -2.26. The SMILES string of the molecule is COc1cc(OC)c(F)c(N(Cc2nccn2S(=O)(=O)N(C)C)c2ccc3ncc(-c4cnn(CC(C)(C)O)c4)nc3n2)c1. The Morgan fingerprint density at radius 1 is 1.07 bits per heavy atom. The predicted octanol–water partition coefficient (Wildman–Crippen LogP) is 3.00. The van der Waals surface area contributed by atoms with E-state index in [1.165, 1.54) is 57.7 Å².